The molecule has 3 rings (SSSR count). The number of thiophene rings is 1. The van der Waals surface area contributed by atoms with E-state index in [2.05, 4.69) is 5.32 Å². The minimum absolute atomic E-state index is 0.0404. The van der Waals surface area contributed by atoms with Gasteiger partial charge in [-0.25, -0.2) is 0 Å². The van der Waals surface area contributed by atoms with E-state index in [9.17, 15) is 9.59 Å². The average molecular weight is 324 g/mol. The maximum Gasteiger partial charge on any atom is 0.305 e. The zero-order valence-corrected chi connectivity index (χ0v) is 12.8. The van der Waals surface area contributed by atoms with E-state index in [1.807, 2.05) is 24.3 Å². The quantitative estimate of drug-likeness (QED) is 0.902. The van der Waals surface area contributed by atoms with E-state index in [1.54, 1.807) is 0 Å². The fourth-order valence-electron chi connectivity index (χ4n) is 2.70. The van der Waals surface area contributed by atoms with Crippen LogP contribution in [-0.2, 0) is 4.79 Å². The predicted molar refractivity (Wildman–Crippen MR) is 83.1 cm³/mol. The summed E-state index contributed by atoms with van der Waals surface area (Å²) in [5.41, 5.74) is -0.609. The molecule has 2 N–H and O–H groups in total. The number of hydrogen-bond acceptors (Lipinski definition) is 3. The van der Waals surface area contributed by atoms with Crippen molar-refractivity contribution in [1.82, 2.24) is 5.32 Å². The van der Waals surface area contributed by atoms with Crippen LogP contribution < -0.4 is 5.32 Å². The molecule has 6 heteroatoms. The second-order valence-corrected chi connectivity index (χ2v) is 6.83. The van der Waals surface area contributed by atoms with Gasteiger partial charge in [-0.3, -0.25) is 9.59 Å². The second kappa shape index (κ2) is 5.31. The Labute approximate surface area is 130 Å². The van der Waals surface area contributed by atoms with Crippen LogP contribution in [0.3, 0.4) is 0 Å². The summed E-state index contributed by atoms with van der Waals surface area (Å²) in [6, 6.07) is 7.56. The Hall–Kier alpha value is -1.59. The smallest absolute Gasteiger partial charge is 0.305 e. The summed E-state index contributed by atoms with van der Waals surface area (Å²) in [6.45, 7) is 0. The lowest BCUT2D eigenvalue weighted by molar-refractivity contribution is -0.139. The largest absolute Gasteiger partial charge is 0.481 e. The molecule has 1 saturated carbocycles. The Morgan fingerprint density at radius 3 is 2.62 bits per heavy atom. The highest BCUT2D eigenvalue weighted by atomic mass is 35.5. The number of hydrogen-bond donors (Lipinski definition) is 2. The van der Waals surface area contributed by atoms with Crippen LogP contribution >= 0.6 is 22.9 Å². The van der Waals surface area contributed by atoms with Crippen LogP contribution in [0.15, 0.2) is 24.3 Å². The van der Waals surface area contributed by atoms with Crippen molar-refractivity contribution in [3.8, 4) is 0 Å². The number of halogens is 1. The summed E-state index contributed by atoms with van der Waals surface area (Å²) >= 11 is 7.62. The Morgan fingerprint density at radius 2 is 2.05 bits per heavy atom. The van der Waals surface area contributed by atoms with Crippen LogP contribution in [0.5, 0.6) is 0 Å². The van der Waals surface area contributed by atoms with E-state index in [1.165, 1.54) is 11.3 Å². The Bertz CT molecular complexity index is 721. The normalized spacial score (nSPS) is 16.4. The molecule has 1 aromatic carbocycles. The number of carbonyl (C=O) groups excluding carboxylic acids is 1. The zero-order chi connectivity index (χ0) is 15.0. The highest BCUT2D eigenvalue weighted by molar-refractivity contribution is 7.21. The van der Waals surface area contributed by atoms with Gasteiger partial charge in [0.2, 0.25) is 0 Å². The van der Waals surface area contributed by atoms with Crippen molar-refractivity contribution in [2.75, 3.05) is 0 Å². The number of fused-ring (bicyclic) bond motifs is 1. The second-order valence-electron chi connectivity index (χ2n) is 5.40. The van der Waals surface area contributed by atoms with Crippen LogP contribution in [0, 0.1) is 0 Å². The number of nitrogens with one attached hydrogen (secondary N) is 1. The van der Waals surface area contributed by atoms with E-state index in [0.29, 0.717) is 22.7 Å². The first-order chi connectivity index (χ1) is 10.0. The number of carboxylic acids is 1. The lowest BCUT2D eigenvalue weighted by atomic mass is 9.74. The van der Waals surface area contributed by atoms with Crippen molar-refractivity contribution in [3.05, 3.63) is 34.2 Å². The van der Waals surface area contributed by atoms with Gasteiger partial charge in [0, 0.05) is 10.1 Å². The molecule has 1 aliphatic carbocycles. The first-order valence-corrected chi connectivity index (χ1v) is 7.92. The van der Waals surface area contributed by atoms with E-state index in [0.717, 1.165) is 16.5 Å². The number of aliphatic carboxylic acids is 1. The SMILES string of the molecule is O=C(O)CC1(NC(=O)c2sc3ccccc3c2Cl)CCC1. The first kappa shape index (κ1) is 14.4. The minimum Gasteiger partial charge on any atom is -0.481 e. The molecule has 0 aliphatic heterocycles. The maximum atomic E-state index is 12.4. The third-order valence-electron chi connectivity index (χ3n) is 3.92. The van der Waals surface area contributed by atoms with Gasteiger partial charge in [0.05, 0.1) is 17.0 Å². The number of carbonyl (C=O) groups is 2. The summed E-state index contributed by atoms with van der Waals surface area (Å²) in [5, 5.41) is 13.2. The van der Waals surface area contributed by atoms with Crippen molar-refractivity contribution >= 4 is 44.9 Å². The van der Waals surface area contributed by atoms with Gasteiger partial charge in [-0.05, 0) is 25.3 Å². The van der Waals surface area contributed by atoms with Crippen LogP contribution in [0.4, 0.5) is 0 Å². The van der Waals surface area contributed by atoms with Crippen molar-refractivity contribution in [2.24, 2.45) is 0 Å². The van der Waals surface area contributed by atoms with E-state index < -0.39 is 11.5 Å². The molecule has 0 radical (unpaired) electrons. The average Bonchev–Trinajstić information content (AvgIpc) is 2.74. The molecule has 1 fully saturated rings. The van der Waals surface area contributed by atoms with Gasteiger partial charge in [-0.15, -0.1) is 11.3 Å². The zero-order valence-electron chi connectivity index (χ0n) is 11.2. The highest BCUT2D eigenvalue weighted by Gasteiger charge is 2.41. The fraction of sp³-hybridized carbons (Fsp3) is 0.333. The molecular weight excluding hydrogens is 310 g/mol. The van der Waals surface area contributed by atoms with Crippen LogP contribution in [0.2, 0.25) is 5.02 Å². The first-order valence-electron chi connectivity index (χ1n) is 6.72. The molecule has 0 saturated heterocycles. The van der Waals surface area contributed by atoms with Gasteiger partial charge in [0.15, 0.2) is 0 Å². The molecule has 2 aromatic rings. The van der Waals surface area contributed by atoms with Crippen LogP contribution in [0.1, 0.15) is 35.4 Å². The Kier molecular flexibility index (Phi) is 3.63. The summed E-state index contributed by atoms with van der Waals surface area (Å²) in [7, 11) is 0. The van der Waals surface area contributed by atoms with Crippen molar-refractivity contribution in [1.29, 1.82) is 0 Å². The number of carboxylic acid groups (broad SMARTS) is 1. The third-order valence-corrected chi connectivity index (χ3v) is 5.59. The van der Waals surface area contributed by atoms with Gasteiger partial charge in [0.25, 0.3) is 5.91 Å². The summed E-state index contributed by atoms with van der Waals surface area (Å²) in [5.74, 6) is -1.17. The number of benzene rings is 1. The van der Waals surface area contributed by atoms with Gasteiger partial charge >= 0.3 is 5.97 Å². The molecule has 1 aliphatic rings. The van der Waals surface area contributed by atoms with Gasteiger partial charge in [0.1, 0.15) is 4.88 Å². The predicted octanol–water partition coefficient (Wildman–Crippen LogP) is 3.68. The number of amides is 1. The molecular formula is C15H14ClNO3S. The Balaban J connectivity index is 1.87. The lowest BCUT2D eigenvalue weighted by Gasteiger charge is -2.41. The summed E-state index contributed by atoms with van der Waals surface area (Å²) < 4.78 is 0.952. The molecule has 1 amide bonds. The molecule has 0 spiro atoms. The van der Waals surface area contributed by atoms with Crippen molar-refractivity contribution < 1.29 is 14.7 Å². The highest BCUT2D eigenvalue weighted by Crippen LogP contribution is 2.38. The minimum atomic E-state index is -0.891. The summed E-state index contributed by atoms with van der Waals surface area (Å²) in [4.78, 5) is 23.9. The Morgan fingerprint density at radius 1 is 1.33 bits per heavy atom. The summed E-state index contributed by atoms with van der Waals surface area (Å²) in [6.07, 6.45) is 2.30. The molecule has 1 aromatic heterocycles. The molecule has 0 unspecified atom stereocenters. The number of rotatable bonds is 4. The molecule has 0 atom stereocenters. The third kappa shape index (κ3) is 2.63. The van der Waals surface area contributed by atoms with E-state index in [-0.39, 0.29) is 12.3 Å². The van der Waals surface area contributed by atoms with Crippen LogP contribution in [0.25, 0.3) is 10.1 Å². The van der Waals surface area contributed by atoms with E-state index in [4.69, 9.17) is 16.7 Å². The topological polar surface area (TPSA) is 66.4 Å². The van der Waals surface area contributed by atoms with Crippen LogP contribution in [-0.4, -0.2) is 22.5 Å². The van der Waals surface area contributed by atoms with Gasteiger partial charge < -0.3 is 10.4 Å². The lowest BCUT2D eigenvalue weighted by Crippen LogP contribution is -2.54. The molecule has 110 valence electrons. The standard InChI is InChI=1S/C15H14ClNO3S/c16-12-9-4-1-2-5-10(9)21-13(12)14(20)17-15(6-3-7-15)8-11(18)19/h1-2,4-5H,3,6-8H2,(H,17,20)(H,18,19). The van der Waals surface area contributed by atoms with Crippen molar-refractivity contribution in [3.63, 3.8) is 0 Å². The molecule has 21 heavy (non-hydrogen) atoms. The maximum absolute atomic E-state index is 12.4. The van der Waals surface area contributed by atoms with Crippen molar-refractivity contribution in [2.45, 2.75) is 31.2 Å². The molecule has 0 bridgehead atoms. The fourth-order valence-corrected chi connectivity index (χ4v) is 4.11. The molecule has 4 nitrogen and oxygen atoms in total. The molecule has 1 heterocycles. The van der Waals surface area contributed by atoms with Gasteiger partial charge in [-0.2, -0.15) is 0 Å². The monoisotopic (exact) mass is 323 g/mol. The van der Waals surface area contributed by atoms with E-state index >= 15 is 0 Å². The van der Waals surface area contributed by atoms with Gasteiger partial charge in [-0.1, -0.05) is 29.8 Å².